The standard InChI is InChI=1S/C17H17ClOS2/c1-12-11-20-17(21-12)14-4-8-16(9-5-14)19-10-13-2-6-15(18)7-3-13/h2-9,12,17H,10-11H2,1H3. The fraction of sp³-hybridized carbons (Fsp3) is 0.294. The van der Waals surface area contributed by atoms with Crippen LogP contribution in [0.2, 0.25) is 5.02 Å². The van der Waals surface area contributed by atoms with Crippen molar-refractivity contribution in [3.63, 3.8) is 0 Å². The van der Waals surface area contributed by atoms with E-state index < -0.39 is 0 Å². The molecule has 0 aliphatic carbocycles. The Hall–Kier alpha value is -0.770. The maximum Gasteiger partial charge on any atom is 0.119 e. The number of hydrogen-bond acceptors (Lipinski definition) is 3. The molecule has 2 aromatic carbocycles. The zero-order valence-electron chi connectivity index (χ0n) is 11.8. The van der Waals surface area contributed by atoms with Crippen LogP contribution >= 0.6 is 35.1 Å². The van der Waals surface area contributed by atoms with Gasteiger partial charge in [-0.1, -0.05) is 42.8 Å². The molecule has 21 heavy (non-hydrogen) atoms. The van der Waals surface area contributed by atoms with Gasteiger partial charge in [-0.2, -0.15) is 0 Å². The number of halogens is 1. The van der Waals surface area contributed by atoms with Gasteiger partial charge in [0.1, 0.15) is 12.4 Å². The van der Waals surface area contributed by atoms with Gasteiger partial charge in [-0.3, -0.25) is 0 Å². The fourth-order valence-corrected chi connectivity index (χ4v) is 5.48. The lowest BCUT2D eigenvalue weighted by Gasteiger charge is -2.11. The van der Waals surface area contributed by atoms with E-state index in [-0.39, 0.29) is 0 Å². The van der Waals surface area contributed by atoms with Gasteiger partial charge in [-0.15, -0.1) is 23.5 Å². The summed E-state index contributed by atoms with van der Waals surface area (Å²) in [5.74, 6) is 2.15. The highest BCUT2D eigenvalue weighted by Gasteiger charge is 2.23. The highest BCUT2D eigenvalue weighted by Crippen LogP contribution is 2.49. The first-order chi connectivity index (χ1) is 10.2. The highest BCUT2D eigenvalue weighted by atomic mass is 35.5. The average molecular weight is 337 g/mol. The molecule has 2 aromatic rings. The second-order valence-electron chi connectivity index (χ2n) is 5.10. The van der Waals surface area contributed by atoms with Crippen LogP contribution in [0, 0.1) is 0 Å². The molecular formula is C17H17ClOS2. The molecule has 110 valence electrons. The van der Waals surface area contributed by atoms with Crippen molar-refractivity contribution < 1.29 is 4.74 Å². The van der Waals surface area contributed by atoms with Crippen molar-refractivity contribution in [2.24, 2.45) is 0 Å². The third-order valence-electron chi connectivity index (χ3n) is 3.31. The second-order valence-corrected chi connectivity index (χ2v) is 8.52. The topological polar surface area (TPSA) is 9.23 Å². The quantitative estimate of drug-likeness (QED) is 0.699. The molecule has 1 aliphatic rings. The van der Waals surface area contributed by atoms with Crippen molar-refractivity contribution in [1.82, 2.24) is 0 Å². The molecule has 1 aliphatic heterocycles. The lowest BCUT2D eigenvalue weighted by Crippen LogP contribution is -1.95. The maximum absolute atomic E-state index is 5.87. The van der Waals surface area contributed by atoms with E-state index in [4.69, 9.17) is 16.3 Å². The number of benzene rings is 2. The molecule has 0 amide bonds. The first-order valence-electron chi connectivity index (χ1n) is 6.95. The van der Waals surface area contributed by atoms with Crippen LogP contribution < -0.4 is 4.74 Å². The minimum Gasteiger partial charge on any atom is -0.489 e. The van der Waals surface area contributed by atoms with Gasteiger partial charge in [0.25, 0.3) is 0 Å². The van der Waals surface area contributed by atoms with Gasteiger partial charge in [0.2, 0.25) is 0 Å². The summed E-state index contributed by atoms with van der Waals surface area (Å²) in [5, 5.41) is 1.50. The lowest BCUT2D eigenvalue weighted by molar-refractivity contribution is 0.306. The predicted octanol–water partition coefficient (Wildman–Crippen LogP) is 5.79. The fourth-order valence-electron chi connectivity index (χ4n) is 2.16. The Kier molecular flexibility index (Phi) is 5.04. The molecule has 0 radical (unpaired) electrons. The van der Waals surface area contributed by atoms with Crippen molar-refractivity contribution in [2.45, 2.75) is 23.4 Å². The third-order valence-corrected chi connectivity index (χ3v) is 6.93. The average Bonchev–Trinajstić information content (AvgIpc) is 2.94. The van der Waals surface area contributed by atoms with Crippen LogP contribution in [0.15, 0.2) is 48.5 Å². The highest BCUT2D eigenvalue weighted by molar-refractivity contribution is 8.19. The molecule has 0 spiro atoms. The van der Waals surface area contributed by atoms with Gasteiger partial charge >= 0.3 is 0 Å². The van der Waals surface area contributed by atoms with Gasteiger partial charge in [-0.05, 0) is 35.4 Å². The summed E-state index contributed by atoms with van der Waals surface area (Å²) in [7, 11) is 0. The number of thioether (sulfide) groups is 2. The molecule has 0 bridgehead atoms. The molecule has 1 saturated heterocycles. The molecule has 4 heteroatoms. The maximum atomic E-state index is 5.87. The first-order valence-corrected chi connectivity index (χ1v) is 9.32. The summed E-state index contributed by atoms with van der Waals surface area (Å²) in [6.07, 6.45) is 0. The summed E-state index contributed by atoms with van der Waals surface area (Å²) >= 11 is 9.95. The van der Waals surface area contributed by atoms with Crippen LogP contribution in [-0.2, 0) is 6.61 Å². The normalized spacial score (nSPS) is 21.4. The van der Waals surface area contributed by atoms with E-state index in [9.17, 15) is 0 Å². The monoisotopic (exact) mass is 336 g/mol. The summed E-state index contributed by atoms with van der Waals surface area (Å²) in [5.41, 5.74) is 2.51. The van der Waals surface area contributed by atoms with Gasteiger partial charge in [0.15, 0.2) is 0 Å². The number of rotatable bonds is 4. The van der Waals surface area contributed by atoms with Crippen LogP contribution in [-0.4, -0.2) is 11.0 Å². The number of hydrogen-bond donors (Lipinski definition) is 0. The summed E-state index contributed by atoms with van der Waals surface area (Å²) < 4.78 is 6.39. The Morgan fingerprint density at radius 1 is 1.10 bits per heavy atom. The Labute approximate surface area is 139 Å². The molecule has 0 N–H and O–H groups in total. The zero-order chi connectivity index (χ0) is 14.7. The van der Waals surface area contributed by atoms with Crippen LogP contribution in [0.25, 0.3) is 0 Å². The van der Waals surface area contributed by atoms with E-state index in [0.717, 1.165) is 21.6 Å². The summed E-state index contributed by atoms with van der Waals surface area (Å²) in [6, 6.07) is 16.2. The van der Waals surface area contributed by atoms with Gasteiger partial charge in [0.05, 0.1) is 4.58 Å². The Morgan fingerprint density at radius 3 is 2.43 bits per heavy atom. The van der Waals surface area contributed by atoms with E-state index >= 15 is 0 Å². The SMILES string of the molecule is CC1CSC(c2ccc(OCc3ccc(Cl)cc3)cc2)S1. The van der Waals surface area contributed by atoms with Gasteiger partial charge < -0.3 is 4.74 Å². The van der Waals surface area contributed by atoms with Crippen molar-refractivity contribution in [2.75, 3.05) is 5.75 Å². The van der Waals surface area contributed by atoms with Crippen molar-refractivity contribution in [3.05, 3.63) is 64.7 Å². The summed E-state index contributed by atoms with van der Waals surface area (Å²) in [6.45, 7) is 2.86. The first kappa shape index (κ1) is 15.1. The molecule has 0 saturated carbocycles. The lowest BCUT2D eigenvalue weighted by atomic mass is 10.2. The molecule has 1 heterocycles. The van der Waals surface area contributed by atoms with Crippen LogP contribution in [0.5, 0.6) is 5.75 Å². The number of ether oxygens (including phenoxy) is 1. The van der Waals surface area contributed by atoms with Crippen molar-refractivity contribution in [1.29, 1.82) is 0 Å². The van der Waals surface area contributed by atoms with Gasteiger partial charge in [0, 0.05) is 16.0 Å². The molecule has 3 rings (SSSR count). The molecule has 0 aromatic heterocycles. The third kappa shape index (κ3) is 4.12. The Balaban J connectivity index is 1.58. The van der Waals surface area contributed by atoms with Crippen LogP contribution in [0.3, 0.4) is 0 Å². The Morgan fingerprint density at radius 2 is 1.81 bits per heavy atom. The zero-order valence-corrected chi connectivity index (χ0v) is 14.2. The second kappa shape index (κ2) is 6.99. The van der Waals surface area contributed by atoms with E-state index in [1.165, 1.54) is 11.3 Å². The molecule has 2 atom stereocenters. The van der Waals surface area contributed by atoms with E-state index in [2.05, 4.69) is 31.2 Å². The van der Waals surface area contributed by atoms with E-state index in [1.54, 1.807) is 0 Å². The smallest absolute Gasteiger partial charge is 0.119 e. The Bertz CT molecular complexity index is 583. The molecule has 2 unspecified atom stereocenters. The summed E-state index contributed by atoms with van der Waals surface area (Å²) in [4.78, 5) is 0. The minimum atomic E-state index is 0.570. The van der Waals surface area contributed by atoms with Crippen molar-refractivity contribution >= 4 is 35.1 Å². The van der Waals surface area contributed by atoms with Crippen LogP contribution in [0.4, 0.5) is 0 Å². The largest absolute Gasteiger partial charge is 0.489 e. The van der Waals surface area contributed by atoms with E-state index in [0.29, 0.717) is 11.2 Å². The molecule has 1 nitrogen and oxygen atoms in total. The van der Waals surface area contributed by atoms with Crippen LogP contribution in [0.1, 0.15) is 22.6 Å². The molecule has 1 fully saturated rings. The minimum absolute atomic E-state index is 0.570. The molecular weight excluding hydrogens is 320 g/mol. The predicted molar refractivity (Wildman–Crippen MR) is 94.5 cm³/mol. The van der Waals surface area contributed by atoms with Crippen molar-refractivity contribution in [3.8, 4) is 5.75 Å². The van der Waals surface area contributed by atoms with Gasteiger partial charge in [-0.25, -0.2) is 0 Å². The van der Waals surface area contributed by atoms with E-state index in [1.807, 2.05) is 47.8 Å².